The second kappa shape index (κ2) is 7.28. The van der Waals surface area contributed by atoms with E-state index in [-0.39, 0.29) is 12.1 Å². The normalized spacial score (nSPS) is 18.0. The molecule has 1 aliphatic heterocycles. The zero-order valence-corrected chi connectivity index (χ0v) is 15.2. The highest BCUT2D eigenvalue weighted by atomic mass is 16.6. The summed E-state index contributed by atoms with van der Waals surface area (Å²) in [5.74, 6) is 0. The third-order valence-electron chi connectivity index (χ3n) is 4.27. The van der Waals surface area contributed by atoms with Crippen LogP contribution >= 0.6 is 0 Å². The number of amides is 1. The van der Waals surface area contributed by atoms with Gasteiger partial charge in [-0.3, -0.25) is 4.90 Å². The molecule has 0 saturated carbocycles. The monoisotopic (exact) mass is 338 g/mol. The lowest BCUT2D eigenvalue weighted by Crippen LogP contribution is -2.50. The Kier molecular flexibility index (Phi) is 5.09. The summed E-state index contributed by atoms with van der Waals surface area (Å²) in [5.41, 5.74) is 3.01. The maximum atomic E-state index is 12.6. The van der Waals surface area contributed by atoms with Crippen LogP contribution in [0.2, 0.25) is 0 Å². The number of hydrogen-bond acceptors (Lipinski definition) is 3. The summed E-state index contributed by atoms with van der Waals surface area (Å²) in [4.78, 5) is 14.4. The van der Waals surface area contributed by atoms with Crippen LogP contribution in [0.4, 0.5) is 4.79 Å². The van der Waals surface area contributed by atoms with Crippen molar-refractivity contribution in [2.24, 2.45) is 0 Å². The van der Waals surface area contributed by atoms with E-state index in [4.69, 9.17) is 4.74 Å². The number of carbonyl (C=O) groups is 1. The molecule has 25 heavy (non-hydrogen) atoms. The van der Waals surface area contributed by atoms with Gasteiger partial charge >= 0.3 is 6.09 Å². The molecule has 1 fully saturated rings. The van der Waals surface area contributed by atoms with Gasteiger partial charge in [-0.15, -0.1) is 0 Å². The molecule has 1 unspecified atom stereocenters. The Hall–Kier alpha value is -2.33. The number of nitrogens with one attached hydrogen (secondary N) is 1. The average Bonchev–Trinajstić information content (AvgIpc) is 2.61. The molecule has 4 nitrogen and oxygen atoms in total. The van der Waals surface area contributed by atoms with Crippen LogP contribution in [0.3, 0.4) is 0 Å². The van der Waals surface area contributed by atoms with Gasteiger partial charge in [0.2, 0.25) is 0 Å². The van der Waals surface area contributed by atoms with E-state index in [2.05, 4.69) is 41.7 Å². The quantitative estimate of drug-likeness (QED) is 0.891. The fourth-order valence-corrected chi connectivity index (χ4v) is 3.07. The Morgan fingerprint density at radius 3 is 2.32 bits per heavy atom. The van der Waals surface area contributed by atoms with E-state index in [1.54, 1.807) is 0 Å². The number of ether oxygens (including phenoxy) is 1. The summed E-state index contributed by atoms with van der Waals surface area (Å²) >= 11 is 0. The lowest BCUT2D eigenvalue weighted by Gasteiger charge is -2.37. The second-order valence-electron chi connectivity index (χ2n) is 7.38. The lowest BCUT2D eigenvalue weighted by atomic mass is 9.99. The van der Waals surface area contributed by atoms with Crippen molar-refractivity contribution in [2.45, 2.75) is 32.4 Å². The van der Waals surface area contributed by atoms with Gasteiger partial charge in [0, 0.05) is 19.6 Å². The SMILES string of the molecule is CC(C)(C)OC(=O)N1CCNCC1c1ccc(-c2ccccc2)cc1. The Morgan fingerprint density at radius 2 is 1.68 bits per heavy atom. The first-order valence-corrected chi connectivity index (χ1v) is 8.80. The van der Waals surface area contributed by atoms with Gasteiger partial charge in [0.25, 0.3) is 0 Å². The number of nitrogens with zero attached hydrogens (tertiary/aromatic N) is 1. The summed E-state index contributed by atoms with van der Waals surface area (Å²) in [6.45, 7) is 7.88. The zero-order chi connectivity index (χ0) is 17.9. The van der Waals surface area contributed by atoms with Gasteiger partial charge in [-0.1, -0.05) is 54.6 Å². The number of rotatable bonds is 2. The maximum absolute atomic E-state index is 12.6. The first-order valence-electron chi connectivity index (χ1n) is 8.80. The number of piperazine rings is 1. The van der Waals surface area contributed by atoms with E-state index in [0.29, 0.717) is 6.54 Å². The highest BCUT2D eigenvalue weighted by Crippen LogP contribution is 2.27. The molecule has 0 aromatic heterocycles. The van der Waals surface area contributed by atoms with Gasteiger partial charge in [-0.05, 0) is 37.5 Å². The zero-order valence-electron chi connectivity index (χ0n) is 15.2. The minimum absolute atomic E-state index is 0.00609. The molecule has 132 valence electrons. The van der Waals surface area contributed by atoms with E-state index in [1.807, 2.05) is 43.9 Å². The molecule has 0 spiro atoms. The topological polar surface area (TPSA) is 41.6 Å². The molecule has 1 heterocycles. The summed E-state index contributed by atoms with van der Waals surface area (Å²) in [6, 6.07) is 18.7. The lowest BCUT2D eigenvalue weighted by molar-refractivity contribution is 0.0118. The third kappa shape index (κ3) is 4.40. The van der Waals surface area contributed by atoms with Crippen LogP contribution in [0.15, 0.2) is 54.6 Å². The first kappa shape index (κ1) is 17.5. The maximum Gasteiger partial charge on any atom is 0.410 e. The molecule has 1 N–H and O–H groups in total. The van der Waals surface area contributed by atoms with Gasteiger partial charge in [0.15, 0.2) is 0 Å². The Morgan fingerprint density at radius 1 is 1.04 bits per heavy atom. The van der Waals surface area contributed by atoms with Crippen molar-refractivity contribution in [1.82, 2.24) is 10.2 Å². The van der Waals surface area contributed by atoms with E-state index in [1.165, 1.54) is 11.1 Å². The van der Waals surface area contributed by atoms with Crippen LogP contribution in [0, 0.1) is 0 Å². The Bertz CT molecular complexity index is 705. The molecule has 1 aliphatic rings. The Balaban J connectivity index is 1.79. The smallest absolute Gasteiger partial charge is 0.410 e. The minimum atomic E-state index is -0.482. The molecule has 0 aliphatic carbocycles. The summed E-state index contributed by atoms with van der Waals surface area (Å²) in [6.07, 6.45) is -0.244. The van der Waals surface area contributed by atoms with Gasteiger partial charge in [-0.2, -0.15) is 0 Å². The third-order valence-corrected chi connectivity index (χ3v) is 4.27. The molecule has 3 rings (SSSR count). The summed E-state index contributed by atoms with van der Waals surface area (Å²) in [5, 5.41) is 3.38. The van der Waals surface area contributed by atoms with Crippen LogP contribution in [0.25, 0.3) is 11.1 Å². The van der Waals surface area contributed by atoms with E-state index in [9.17, 15) is 4.79 Å². The van der Waals surface area contributed by atoms with Crippen molar-refractivity contribution in [2.75, 3.05) is 19.6 Å². The molecule has 0 bridgehead atoms. The van der Waals surface area contributed by atoms with Gasteiger partial charge in [0.1, 0.15) is 5.60 Å². The molecule has 4 heteroatoms. The van der Waals surface area contributed by atoms with E-state index in [0.717, 1.165) is 18.7 Å². The number of hydrogen-bond donors (Lipinski definition) is 1. The summed E-state index contributed by atoms with van der Waals surface area (Å²) < 4.78 is 5.58. The van der Waals surface area contributed by atoms with Crippen molar-refractivity contribution in [1.29, 1.82) is 0 Å². The van der Waals surface area contributed by atoms with Crippen LogP contribution in [0.1, 0.15) is 32.4 Å². The van der Waals surface area contributed by atoms with Crippen LogP contribution in [0.5, 0.6) is 0 Å². The van der Waals surface area contributed by atoms with Crippen LogP contribution < -0.4 is 5.32 Å². The first-order chi connectivity index (χ1) is 11.9. The molecule has 0 radical (unpaired) electrons. The molecular formula is C21H26N2O2. The van der Waals surface area contributed by atoms with Crippen molar-refractivity contribution >= 4 is 6.09 Å². The van der Waals surface area contributed by atoms with Crippen molar-refractivity contribution in [3.8, 4) is 11.1 Å². The van der Waals surface area contributed by atoms with Crippen LogP contribution in [-0.4, -0.2) is 36.2 Å². The second-order valence-corrected chi connectivity index (χ2v) is 7.38. The molecule has 1 saturated heterocycles. The molecule has 1 atom stereocenters. The standard InChI is InChI=1S/C21H26N2O2/c1-21(2,3)25-20(24)23-14-13-22-15-19(23)18-11-9-17(10-12-18)16-7-5-4-6-8-16/h4-12,19,22H,13-15H2,1-3H3. The van der Waals surface area contributed by atoms with Gasteiger partial charge < -0.3 is 10.1 Å². The molecule has 1 amide bonds. The predicted molar refractivity (Wildman–Crippen MR) is 100 cm³/mol. The summed E-state index contributed by atoms with van der Waals surface area (Å²) in [7, 11) is 0. The number of benzene rings is 2. The predicted octanol–water partition coefficient (Wildman–Crippen LogP) is 4.24. The highest BCUT2D eigenvalue weighted by Gasteiger charge is 2.31. The van der Waals surface area contributed by atoms with Crippen molar-refractivity contribution in [3.05, 3.63) is 60.2 Å². The highest BCUT2D eigenvalue weighted by molar-refractivity contribution is 5.69. The molecule has 2 aromatic rings. The fraction of sp³-hybridized carbons (Fsp3) is 0.381. The fourth-order valence-electron chi connectivity index (χ4n) is 3.07. The van der Waals surface area contributed by atoms with Gasteiger partial charge in [0.05, 0.1) is 6.04 Å². The number of carbonyl (C=O) groups excluding carboxylic acids is 1. The van der Waals surface area contributed by atoms with Crippen molar-refractivity contribution < 1.29 is 9.53 Å². The van der Waals surface area contributed by atoms with E-state index < -0.39 is 5.60 Å². The average molecular weight is 338 g/mol. The molecular weight excluding hydrogens is 312 g/mol. The van der Waals surface area contributed by atoms with Crippen molar-refractivity contribution in [3.63, 3.8) is 0 Å². The minimum Gasteiger partial charge on any atom is -0.444 e. The van der Waals surface area contributed by atoms with E-state index >= 15 is 0 Å². The van der Waals surface area contributed by atoms with Gasteiger partial charge in [-0.25, -0.2) is 4.79 Å². The van der Waals surface area contributed by atoms with Crippen LogP contribution in [-0.2, 0) is 4.74 Å². The largest absolute Gasteiger partial charge is 0.444 e. The Labute approximate surface area is 149 Å². The molecule has 2 aromatic carbocycles.